The first-order valence-electron chi connectivity index (χ1n) is 8.62. The second-order valence-corrected chi connectivity index (χ2v) is 7.18. The summed E-state index contributed by atoms with van der Waals surface area (Å²) in [6.45, 7) is 4.35. The van der Waals surface area contributed by atoms with Crippen molar-refractivity contribution in [1.82, 2.24) is 14.9 Å². The SMILES string of the molecule is C/C(=C(\CCC=O)SC(=O)c1ccccc1)N1C=Nc2nc(C)ncc2C1. The first-order chi connectivity index (χ1) is 13.1. The third-order valence-electron chi connectivity index (χ3n) is 4.17. The average molecular weight is 380 g/mol. The standard InChI is InChI=1S/C20H20N4O2S/c1-14(24-12-17-11-21-15(2)23-19(17)22-13-24)18(9-6-10-25)27-20(26)16-7-4-3-5-8-16/h3-5,7-8,10-11,13H,6,9,12H2,1-2H3/b18-14-. The first-order valence-corrected chi connectivity index (χ1v) is 9.44. The molecule has 1 aromatic heterocycles. The van der Waals surface area contributed by atoms with Crippen LogP contribution in [0.5, 0.6) is 0 Å². The molecule has 3 rings (SSSR count). The number of thioether (sulfide) groups is 1. The molecule has 0 saturated heterocycles. The van der Waals surface area contributed by atoms with Crippen LogP contribution in [-0.4, -0.2) is 32.6 Å². The number of nitrogens with zero attached hydrogens (tertiary/aromatic N) is 4. The minimum atomic E-state index is -0.0378. The number of aldehydes is 1. The molecule has 1 aromatic carbocycles. The van der Waals surface area contributed by atoms with Crippen LogP contribution < -0.4 is 0 Å². The number of hydrogen-bond acceptors (Lipinski definition) is 7. The molecule has 7 heteroatoms. The van der Waals surface area contributed by atoms with Crippen LogP contribution in [0.15, 0.2) is 52.1 Å². The van der Waals surface area contributed by atoms with Crippen LogP contribution in [0.3, 0.4) is 0 Å². The second kappa shape index (κ2) is 8.73. The molecular weight excluding hydrogens is 360 g/mol. The number of rotatable bonds is 6. The smallest absolute Gasteiger partial charge is 0.223 e. The zero-order chi connectivity index (χ0) is 19.2. The molecule has 0 radical (unpaired) electrons. The van der Waals surface area contributed by atoms with Gasteiger partial charge in [-0.15, -0.1) is 0 Å². The van der Waals surface area contributed by atoms with Crippen LogP contribution in [0, 0.1) is 6.92 Å². The van der Waals surface area contributed by atoms with E-state index in [0.717, 1.165) is 22.5 Å². The molecule has 27 heavy (non-hydrogen) atoms. The van der Waals surface area contributed by atoms with Crippen molar-refractivity contribution in [3.63, 3.8) is 0 Å². The van der Waals surface area contributed by atoms with E-state index in [1.54, 1.807) is 24.7 Å². The molecule has 0 bridgehead atoms. The van der Waals surface area contributed by atoms with Gasteiger partial charge in [-0.05, 0) is 32.0 Å². The number of benzene rings is 1. The van der Waals surface area contributed by atoms with Crippen LogP contribution in [0.25, 0.3) is 0 Å². The van der Waals surface area contributed by atoms with E-state index in [1.165, 1.54) is 11.8 Å². The summed E-state index contributed by atoms with van der Waals surface area (Å²) in [5.41, 5.74) is 2.47. The molecule has 0 saturated carbocycles. The van der Waals surface area contributed by atoms with Crippen LogP contribution in [0.4, 0.5) is 5.82 Å². The normalized spacial score (nSPS) is 13.8. The maximum Gasteiger partial charge on any atom is 0.223 e. The molecule has 0 fully saturated rings. The van der Waals surface area contributed by atoms with Gasteiger partial charge in [0.25, 0.3) is 0 Å². The molecule has 0 atom stereocenters. The van der Waals surface area contributed by atoms with Gasteiger partial charge in [-0.1, -0.05) is 30.3 Å². The van der Waals surface area contributed by atoms with Gasteiger partial charge in [0.2, 0.25) is 5.12 Å². The Kier molecular flexibility index (Phi) is 6.13. The fourth-order valence-corrected chi connectivity index (χ4v) is 3.62. The predicted octanol–water partition coefficient (Wildman–Crippen LogP) is 4.04. The molecular formula is C20H20N4O2S. The summed E-state index contributed by atoms with van der Waals surface area (Å²) in [5.74, 6) is 1.36. The average Bonchev–Trinajstić information content (AvgIpc) is 2.70. The summed E-state index contributed by atoms with van der Waals surface area (Å²) in [6, 6.07) is 9.14. The molecule has 0 aliphatic carbocycles. The van der Waals surface area contributed by atoms with Gasteiger partial charge in [0.1, 0.15) is 12.1 Å². The highest BCUT2D eigenvalue weighted by Crippen LogP contribution is 2.31. The lowest BCUT2D eigenvalue weighted by Crippen LogP contribution is -2.24. The van der Waals surface area contributed by atoms with Crippen molar-refractivity contribution in [2.24, 2.45) is 4.99 Å². The monoisotopic (exact) mass is 380 g/mol. The van der Waals surface area contributed by atoms with E-state index in [-0.39, 0.29) is 5.12 Å². The van der Waals surface area contributed by atoms with Crippen LogP contribution >= 0.6 is 11.8 Å². The van der Waals surface area contributed by atoms with E-state index < -0.39 is 0 Å². The van der Waals surface area contributed by atoms with Crippen LogP contribution in [-0.2, 0) is 11.3 Å². The van der Waals surface area contributed by atoms with Crippen molar-refractivity contribution in [3.05, 3.63) is 64.1 Å². The Balaban J connectivity index is 1.84. The zero-order valence-corrected chi connectivity index (χ0v) is 16.1. The lowest BCUT2D eigenvalue weighted by molar-refractivity contribution is -0.107. The largest absolute Gasteiger partial charge is 0.331 e. The number of aliphatic imine (C=N–C) groups is 1. The summed E-state index contributed by atoms with van der Waals surface area (Å²) < 4.78 is 0. The van der Waals surface area contributed by atoms with Crippen molar-refractivity contribution in [2.45, 2.75) is 33.2 Å². The highest BCUT2D eigenvalue weighted by molar-refractivity contribution is 8.17. The molecule has 6 nitrogen and oxygen atoms in total. The Morgan fingerprint density at radius 2 is 2.07 bits per heavy atom. The van der Waals surface area contributed by atoms with E-state index in [0.29, 0.717) is 36.6 Å². The predicted molar refractivity (Wildman–Crippen MR) is 107 cm³/mol. The molecule has 0 unspecified atom stereocenters. The lowest BCUT2D eigenvalue weighted by atomic mass is 10.2. The Labute approximate surface area is 162 Å². The molecule has 0 amide bonds. The summed E-state index contributed by atoms with van der Waals surface area (Å²) >= 11 is 1.17. The van der Waals surface area contributed by atoms with E-state index in [9.17, 15) is 9.59 Å². The summed E-state index contributed by atoms with van der Waals surface area (Å²) in [7, 11) is 0. The number of carbonyl (C=O) groups is 2. The number of carbonyl (C=O) groups excluding carboxylic acids is 2. The fraction of sp³-hybridized carbons (Fsp3) is 0.250. The Morgan fingerprint density at radius 1 is 1.30 bits per heavy atom. The summed E-state index contributed by atoms with van der Waals surface area (Å²) in [4.78, 5) is 39.3. The van der Waals surface area contributed by atoms with Gasteiger partial charge < -0.3 is 9.69 Å². The topological polar surface area (TPSA) is 75.5 Å². The Hall–Kier alpha value is -2.80. The quantitative estimate of drug-likeness (QED) is 0.704. The molecule has 0 N–H and O–H groups in total. The van der Waals surface area contributed by atoms with Crippen molar-refractivity contribution in [2.75, 3.05) is 0 Å². The van der Waals surface area contributed by atoms with E-state index in [4.69, 9.17) is 0 Å². The number of fused-ring (bicyclic) bond motifs is 1. The van der Waals surface area contributed by atoms with Crippen molar-refractivity contribution in [1.29, 1.82) is 0 Å². The lowest BCUT2D eigenvalue weighted by Gasteiger charge is -2.26. The van der Waals surface area contributed by atoms with Crippen molar-refractivity contribution >= 4 is 35.3 Å². The Bertz CT molecular complexity index is 909. The summed E-state index contributed by atoms with van der Waals surface area (Å²) in [5, 5.41) is -0.0378. The molecule has 138 valence electrons. The summed E-state index contributed by atoms with van der Waals surface area (Å²) in [6.07, 6.45) is 5.25. The molecule has 2 aromatic rings. The zero-order valence-electron chi connectivity index (χ0n) is 15.3. The van der Waals surface area contributed by atoms with Gasteiger partial charge in [0.15, 0.2) is 5.82 Å². The van der Waals surface area contributed by atoms with Gasteiger partial charge in [-0.3, -0.25) is 4.79 Å². The van der Waals surface area contributed by atoms with Crippen LogP contribution in [0.2, 0.25) is 0 Å². The molecule has 0 spiro atoms. The molecule has 1 aliphatic heterocycles. The molecule has 1 aliphatic rings. The van der Waals surface area contributed by atoms with Gasteiger partial charge >= 0.3 is 0 Å². The fourth-order valence-electron chi connectivity index (χ4n) is 2.66. The highest BCUT2D eigenvalue weighted by atomic mass is 32.2. The van der Waals surface area contributed by atoms with Crippen molar-refractivity contribution in [3.8, 4) is 0 Å². The third kappa shape index (κ3) is 4.68. The van der Waals surface area contributed by atoms with Crippen LogP contribution in [0.1, 0.15) is 41.5 Å². The van der Waals surface area contributed by atoms with Gasteiger partial charge in [-0.25, -0.2) is 15.0 Å². The maximum absolute atomic E-state index is 12.6. The second-order valence-electron chi connectivity index (χ2n) is 6.11. The maximum atomic E-state index is 12.6. The number of hydrogen-bond donors (Lipinski definition) is 0. The third-order valence-corrected chi connectivity index (χ3v) is 5.34. The van der Waals surface area contributed by atoms with E-state index in [2.05, 4.69) is 15.0 Å². The van der Waals surface area contributed by atoms with Crippen molar-refractivity contribution < 1.29 is 9.59 Å². The number of aryl methyl sites for hydroxylation is 1. The Morgan fingerprint density at radius 3 is 2.81 bits per heavy atom. The minimum Gasteiger partial charge on any atom is -0.331 e. The molecule has 2 heterocycles. The van der Waals surface area contributed by atoms with Gasteiger partial charge in [0.05, 0.1) is 12.9 Å². The van der Waals surface area contributed by atoms with E-state index in [1.807, 2.05) is 36.9 Å². The highest BCUT2D eigenvalue weighted by Gasteiger charge is 2.19. The number of allylic oxidation sites excluding steroid dienone is 2. The number of aromatic nitrogens is 2. The van der Waals surface area contributed by atoms with Gasteiger partial charge in [-0.2, -0.15) is 0 Å². The van der Waals surface area contributed by atoms with E-state index >= 15 is 0 Å². The minimum absolute atomic E-state index is 0.0378. The first kappa shape index (κ1) is 19.0. The van der Waals surface area contributed by atoms with Gasteiger partial charge in [0, 0.05) is 34.3 Å².